The van der Waals surface area contributed by atoms with Crippen molar-refractivity contribution in [2.45, 2.75) is 104 Å². The van der Waals surface area contributed by atoms with Crippen LogP contribution < -0.4 is 0 Å². The molecule has 24 heavy (non-hydrogen) atoms. The van der Waals surface area contributed by atoms with E-state index in [0.717, 1.165) is 19.3 Å². The Bertz CT molecular complexity index is 315. The molecule has 0 aromatic rings. The van der Waals surface area contributed by atoms with Crippen LogP contribution in [0.1, 0.15) is 104 Å². The first-order valence-electron chi connectivity index (χ1n) is 9.97. The van der Waals surface area contributed by atoms with Gasteiger partial charge in [0.25, 0.3) is 0 Å². The van der Waals surface area contributed by atoms with Crippen molar-refractivity contribution < 1.29 is 19.4 Å². The van der Waals surface area contributed by atoms with Gasteiger partial charge in [-0.2, -0.15) is 0 Å². The Kier molecular flexibility index (Phi) is 16.0. The molecule has 1 atom stereocenters. The summed E-state index contributed by atoms with van der Waals surface area (Å²) in [6, 6.07) is 0. The lowest BCUT2D eigenvalue weighted by molar-refractivity contribution is -0.144. The van der Waals surface area contributed by atoms with Gasteiger partial charge in [-0.05, 0) is 25.2 Å². The fraction of sp³-hybridized carbons (Fsp3) is 0.900. The van der Waals surface area contributed by atoms with E-state index >= 15 is 0 Å². The molecule has 0 rings (SSSR count). The Morgan fingerprint density at radius 3 is 2.08 bits per heavy atom. The van der Waals surface area contributed by atoms with Crippen LogP contribution in [0.25, 0.3) is 0 Å². The standard InChI is InChI=1S/C20H38O4/c1-3-5-7-9-13-18(12-6-4-2)16-17-24-20(23)15-11-8-10-14-19(21)22/h18H,3-17H2,1-2H3,(H,21,22). The van der Waals surface area contributed by atoms with Crippen molar-refractivity contribution in [1.82, 2.24) is 0 Å². The minimum absolute atomic E-state index is 0.134. The van der Waals surface area contributed by atoms with E-state index < -0.39 is 5.97 Å². The van der Waals surface area contributed by atoms with Gasteiger partial charge in [0.1, 0.15) is 0 Å². The summed E-state index contributed by atoms with van der Waals surface area (Å²) in [7, 11) is 0. The van der Waals surface area contributed by atoms with Crippen molar-refractivity contribution in [1.29, 1.82) is 0 Å². The molecule has 0 bridgehead atoms. The number of unbranched alkanes of at least 4 members (excludes halogenated alkanes) is 6. The van der Waals surface area contributed by atoms with Gasteiger partial charge in [0, 0.05) is 12.8 Å². The maximum atomic E-state index is 11.7. The van der Waals surface area contributed by atoms with Crippen LogP contribution in [-0.2, 0) is 14.3 Å². The highest BCUT2D eigenvalue weighted by Gasteiger charge is 2.10. The topological polar surface area (TPSA) is 63.6 Å². The van der Waals surface area contributed by atoms with Gasteiger partial charge in [-0.1, -0.05) is 71.6 Å². The zero-order valence-electron chi connectivity index (χ0n) is 15.9. The Morgan fingerprint density at radius 2 is 1.42 bits per heavy atom. The number of rotatable bonds is 17. The molecule has 0 aromatic carbocycles. The van der Waals surface area contributed by atoms with Gasteiger partial charge in [0.15, 0.2) is 0 Å². The number of ether oxygens (including phenoxy) is 1. The highest BCUT2D eigenvalue weighted by atomic mass is 16.5. The second-order valence-corrected chi connectivity index (χ2v) is 6.82. The van der Waals surface area contributed by atoms with Crippen LogP contribution in [0.4, 0.5) is 0 Å². The lowest BCUT2D eigenvalue weighted by Gasteiger charge is -2.16. The summed E-state index contributed by atoms with van der Waals surface area (Å²) in [6.07, 6.45) is 13.9. The molecule has 1 unspecified atom stereocenters. The second kappa shape index (κ2) is 16.8. The molecular weight excluding hydrogens is 304 g/mol. The third-order valence-corrected chi connectivity index (χ3v) is 4.49. The second-order valence-electron chi connectivity index (χ2n) is 6.82. The zero-order valence-corrected chi connectivity index (χ0v) is 15.9. The first-order valence-corrected chi connectivity index (χ1v) is 9.97. The highest BCUT2D eigenvalue weighted by molar-refractivity contribution is 5.69. The average molecular weight is 343 g/mol. The van der Waals surface area contributed by atoms with Crippen molar-refractivity contribution in [2.24, 2.45) is 5.92 Å². The first kappa shape index (κ1) is 22.9. The van der Waals surface area contributed by atoms with Crippen LogP contribution in [0.3, 0.4) is 0 Å². The van der Waals surface area contributed by atoms with E-state index in [-0.39, 0.29) is 12.4 Å². The van der Waals surface area contributed by atoms with E-state index in [2.05, 4.69) is 13.8 Å². The molecule has 1 N–H and O–H groups in total. The molecule has 0 amide bonds. The predicted molar refractivity (Wildman–Crippen MR) is 98.1 cm³/mol. The summed E-state index contributed by atoms with van der Waals surface area (Å²) in [5, 5.41) is 8.55. The normalized spacial score (nSPS) is 12.1. The van der Waals surface area contributed by atoms with Gasteiger partial charge in [-0.15, -0.1) is 0 Å². The average Bonchev–Trinajstić information content (AvgIpc) is 2.55. The van der Waals surface area contributed by atoms with Crippen molar-refractivity contribution >= 4 is 11.9 Å². The maximum Gasteiger partial charge on any atom is 0.305 e. The molecule has 0 saturated heterocycles. The number of carboxylic acids is 1. The summed E-state index contributed by atoms with van der Waals surface area (Å²) < 4.78 is 5.35. The van der Waals surface area contributed by atoms with Gasteiger partial charge >= 0.3 is 11.9 Å². The Labute approximate surface area is 148 Å². The molecule has 0 radical (unpaired) electrons. The number of aliphatic carboxylic acids is 1. The quantitative estimate of drug-likeness (QED) is 0.271. The molecule has 0 saturated carbocycles. The van der Waals surface area contributed by atoms with Gasteiger partial charge < -0.3 is 9.84 Å². The van der Waals surface area contributed by atoms with Crippen LogP contribution in [-0.4, -0.2) is 23.7 Å². The first-order chi connectivity index (χ1) is 11.6. The van der Waals surface area contributed by atoms with Crippen molar-refractivity contribution in [3.8, 4) is 0 Å². The number of carboxylic acid groups (broad SMARTS) is 1. The summed E-state index contributed by atoms with van der Waals surface area (Å²) in [4.78, 5) is 22.1. The van der Waals surface area contributed by atoms with Crippen LogP contribution in [0.5, 0.6) is 0 Å². The number of hydrogen-bond acceptors (Lipinski definition) is 3. The van der Waals surface area contributed by atoms with E-state index in [1.165, 1.54) is 51.4 Å². The summed E-state index contributed by atoms with van der Waals surface area (Å²) in [5.41, 5.74) is 0. The fourth-order valence-electron chi connectivity index (χ4n) is 2.92. The van der Waals surface area contributed by atoms with Crippen molar-refractivity contribution in [3.05, 3.63) is 0 Å². The van der Waals surface area contributed by atoms with Crippen molar-refractivity contribution in [2.75, 3.05) is 6.61 Å². The minimum Gasteiger partial charge on any atom is -0.481 e. The third kappa shape index (κ3) is 15.8. The van der Waals surface area contributed by atoms with E-state index in [1.807, 2.05) is 0 Å². The zero-order chi connectivity index (χ0) is 18.0. The Balaban J connectivity index is 3.74. The Hall–Kier alpha value is -1.06. The van der Waals surface area contributed by atoms with E-state index in [0.29, 0.717) is 25.4 Å². The van der Waals surface area contributed by atoms with Crippen LogP contribution in [0.15, 0.2) is 0 Å². The summed E-state index contributed by atoms with van der Waals surface area (Å²) in [5.74, 6) is -0.217. The smallest absolute Gasteiger partial charge is 0.305 e. The van der Waals surface area contributed by atoms with Gasteiger partial charge in [0.2, 0.25) is 0 Å². The van der Waals surface area contributed by atoms with E-state index in [9.17, 15) is 9.59 Å². The monoisotopic (exact) mass is 342 g/mol. The number of carbonyl (C=O) groups is 2. The lowest BCUT2D eigenvalue weighted by Crippen LogP contribution is -2.10. The molecule has 4 heteroatoms. The summed E-state index contributed by atoms with van der Waals surface area (Å²) >= 11 is 0. The largest absolute Gasteiger partial charge is 0.481 e. The molecule has 0 spiro atoms. The van der Waals surface area contributed by atoms with Gasteiger partial charge in [-0.25, -0.2) is 0 Å². The van der Waals surface area contributed by atoms with E-state index in [1.54, 1.807) is 0 Å². The summed E-state index contributed by atoms with van der Waals surface area (Å²) in [6.45, 7) is 4.99. The van der Waals surface area contributed by atoms with Gasteiger partial charge in [-0.3, -0.25) is 9.59 Å². The number of hydrogen-bond donors (Lipinski definition) is 1. The molecule has 0 heterocycles. The Morgan fingerprint density at radius 1 is 0.792 bits per heavy atom. The highest BCUT2D eigenvalue weighted by Crippen LogP contribution is 2.21. The maximum absolute atomic E-state index is 11.7. The molecule has 142 valence electrons. The molecule has 4 nitrogen and oxygen atoms in total. The minimum atomic E-state index is -0.769. The molecular formula is C20H38O4. The SMILES string of the molecule is CCCCCCC(CCCC)CCOC(=O)CCCCCC(=O)O. The predicted octanol–water partition coefficient (Wildman–Crippen LogP) is 5.73. The molecule has 0 aliphatic carbocycles. The number of esters is 1. The van der Waals surface area contributed by atoms with Crippen LogP contribution >= 0.6 is 0 Å². The lowest BCUT2D eigenvalue weighted by atomic mass is 9.92. The van der Waals surface area contributed by atoms with E-state index in [4.69, 9.17) is 9.84 Å². The molecule has 0 fully saturated rings. The van der Waals surface area contributed by atoms with Crippen LogP contribution in [0.2, 0.25) is 0 Å². The molecule has 0 aliphatic heterocycles. The number of carbonyl (C=O) groups excluding carboxylic acids is 1. The molecule has 0 aromatic heterocycles. The molecule has 0 aliphatic rings. The fourth-order valence-corrected chi connectivity index (χ4v) is 2.92. The van der Waals surface area contributed by atoms with Crippen LogP contribution in [0, 0.1) is 5.92 Å². The third-order valence-electron chi connectivity index (χ3n) is 4.49. The van der Waals surface area contributed by atoms with Crippen molar-refractivity contribution in [3.63, 3.8) is 0 Å². The van der Waals surface area contributed by atoms with Gasteiger partial charge in [0.05, 0.1) is 6.61 Å².